The lowest BCUT2D eigenvalue weighted by atomic mass is 10.0. The molecular formula is C20H21NO2. The van der Waals surface area contributed by atoms with Gasteiger partial charge in [-0.3, -0.25) is 10.1 Å². The lowest BCUT2D eigenvalue weighted by Gasteiger charge is -2.01. The Balaban J connectivity index is 1.91. The summed E-state index contributed by atoms with van der Waals surface area (Å²) >= 11 is 0. The third kappa shape index (κ3) is 5.55. The summed E-state index contributed by atoms with van der Waals surface area (Å²) in [7, 11) is 0. The number of aryl methyl sites for hydroxylation is 1. The van der Waals surface area contributed by atoms with Crippen molar-refractivity contribution in [2.24, 2.45) is 0 Å². The van der Waals surface area contributed by atoms with Gasteiger partial charge < -0.3 is 0 Å². The largest absolute Gasteiger partial charge is 0.269 e. The lowest BCUT2D eigenvalue weighted by Crippen LogP contribution is -1.86. The van der Waals surface area contributed by atoms with E-state index in [1.807, 2.05) is 18.2 Å². The van der Waals surface area contributed by atoms with E-state index in [0.29, 0.717) is 0 Å². The quantitative estimate of drug-likeness (QED) is 0.207. The smallest absolute Gasteiger partial charge is 0.258 e. The van der Waals surface area contributed by atoms with Crippen LogP contribution >= 0.6 is 0 Å². The zero-order valence-electron chi connectivity index (χ0n) is 13.2. The monoisotopic (exact) mass is 307 g/mol. The van der Waals surface area contributed by atoms with Crippen LogP contribution in [0.1, 0.15) is 36.0 Å². The second-order valence-electron chi connectivity index (χ2n) is 5.46. The van der Waals surface area contributed by atoms with Gasteiger partial charge in [-0.05, 0) is 54.5 Å². The Morgan fingerprint density at radius 1 is 0.913 bits per heavy atom. The highest BCUT2D eigenvalue weighted by atomic mass is 16.6. The molecule has 0 unspecified atom stereocenters. The third-order valence-corrected chi connectivity index (χ3v) is 3.68. The molecule has 0 N–H and O–H groups in total. The third-order valence-electron chi connectivity index (χ3n) is 3.68. The van der Waals surface area contributed by atoms with Gasteiger partial charge in [-0.2, -0.15) is 0 Å². The average molecular weight is 307 g/mol. The maximum atomic E-state index is 10.6. The first kappa shape index (κ1) is 16.7. The summed E-state index contributed by atoms with van der Waals surface area (Å²) in [6.45, 7) is 3.73. The van der Waals surface area contributed by atoms with Crippen molar-refractivity contribution in [3.63, 3.8) is 0 Å². The van der Waals surface area contributed by atoms with Gasteiger partial charge in [0.1, 0.15) is 0 Å². The van der Waals surface area contributed by atoms with Crippen LogP contribution in [0.25, 0.3) is 12.2 Å². The Labute approximate surface area is 137 Å². The van der Waals surface area contributed by atoms with E-state index >= 15 is 0 Å². The SMILES string of the molecule is C=CCCCCc1ccc(/C=C/c2ccc([N+](=O)[O-])cc2)cc1. The molecule has 23 heavy (non-hydrogen) atoms. The fourth-order valence-corrected chi connectivity index (χ4v) is 2.31. The number of nitrogens with zero attached hydrogens (tertiary/aromatic N) is 1. The maximum absolute atomic E-state index is 10.6. The zero-order valence-corrected chi connectivity index (χ0v) is 13.2. The molecule has 0 aliphatic heterocycles. The summed E-state index contributed by atoms with van der Waals surface area (Å²) < 4.78 is 0. The molecule has 0 atom stereocenters. The van der Waals surface area contributed by atoms with Gasteiger partial charge in [-0.1, -0.05) is 42.5 Å². The van der Waals surface area contributed by atoms with Crippen LogP contribution < -0.4 is 0 Å². The minimum absolute atomic E-state index is 0.114. The van der Waals surface area contributed by atoms with E-state index in [9.17, 15) is 10.1 Å². The number of nitro benzene ring substituents is 1. The fraction of sp³-hybridized carbons (Fsp3) is 0.200. The van der Waals surface area contributed by atoms with Crippen LogP contribution in [-0.4, -0.2) is 4.92 Å². The molecule has 0 aromatic heterocycles. The Morgan fingerprint density at radius 2 is 1.48 bits per heavy atom. The molecule has 3 nitrogen and oxygen atoms in total. The van der Waals surface area contributed by atoms with E-state index < -0.39 is 0 Å². The number of nitro groups is 1. The first-order chi connectivity index (χ1) is 11.2. The van der Waals surface area contributed by atoms with Crippen LogP contribution in [0.3, 0.4) is 0 Å². The molecule has 0 bridgehead atoms. The van der Waals surface area contributed by atoms with Crippen LogP contribution in [0.5, 0.6) is 0 Å². The molecule has 3 heteroatoms. The number of unbranched alkanes of at least 4 members (excludes halogenated alkanes) is 2. The van der Waals surface area contributed by atoms with E-state index in [1.165, 1.54) is 30.5 Å². The van der Waals surface area contributed by atoms with Crippen molar-refractivity contribution in [2.45, 2.75) is 25.7 Å². The van der Waals surface area contributed by atoms with Crippen molar-refractivity contribution in [3.05, 3.63) is 88.0 Å². The molecule has 0 fully saturated rings. The minimum atomic E-state index is -0.388. The van der Waals surface area contributed by atoms with Crippen LogP contribution in [0.15, 0.2) is 61.2 Å². The van der Waals surface area contributed by atoms with E-state index in [-0.39, 0.29) is 10.6 Å². The molecule has 0 amide bonds. The Bertz CT molecular complexity index is 670. The molecule has 0 saturated heterocycles. The lowest BCUT2D eigenvalue weighted by molar-refractivity contribution is -0.384. The molecule has 0 spiro atoms. The number of rotatable bonds is 8. The second kappa shape index (κ2) is 8.69. The molecule has 118 valence electrons. The zero-order chi connectivity index (χ0) is 16.5. The maximum Gasteiger partial charge on any atom is 0.269 e. The van der Waals surface area contributed by atoms with Crippen LogP contribution in [-0.2, 0) is 6.42 Å². The van der Waals surface area contributed by atoms with Crippen molar-refractivity contribution in [3.8, 4) is 0 Å². The summed E-state index contributed by atoms with van der Waals surface area (Å²) in [4.78, 5) is 10.2. The first-order valence-corrected chi connectivity index (χ1v) is 7.81. The number of benzene rings is 2. The van der Waals surface area contributed by atoms with E-state index in [0.717, 1.165) is 24.0 Å². The number of hydrogen-bond acceptors (Lipinski definition) is 2. The first-order valence-electron chi connectivity index (χ1n) is 7.81. The molecule has 0 aliphatic rings. The van der Waals surface area contributed by atoms with Gasteiger partial charge in [-0.15, -0.1) is 6.58 Å². The standard InChI is InChI=1S/C20H21NO2/c1-2-3-4-5-6-17-7-9-18(10-8-17)11-12-19-13-15-20(16-14-19)21(22)23/h2,7-16H,1,3-6H2/b12-11+. The Kier molecular flexibility index (Phi) is 6.30. The summed E-state index contributed by atoms with van der Waals surface area (Å²) in [6.07, 6.45) is 10.5. The van der Waals surface area contributed by atoms with Gasteiger partial charge in [0, 0.05) is 12.1 Å². The van der Waals surface area contributed by atoms with Crippen molar-refractivity contribution >= 4 is 17.8 Å². The van der Waals surface area contributed by atoms with Gasteiger partial charge in [0.15, 0.2) is 0 Å². The van der Waals surface area contributed by atoms with Crippen molar-refractivity contribution in [1.82, 2.24) is 0 Å². The molecule has 0 heterocycles. The molecule has 2 aromatic carbocycles. The fourth-order valence-electron chi connectivity index (χ4n) is 2.31. The second-order valence-corrected chi connectivity index (χ2v) is 5.46. The molecular weight excluding hydrogens is 286 g/mol. The summed E-state index contributed by atoms with van der Waals surface area (Å²) in [5, 5.41) is 10.6. The Morgan fingerprint density at radius 3 is 2.00 bits per heavy atom. The van der Waals surface area contributed by atoms with Gasteiger partial charge in [0.25, 0.3) is 5.69 Å². The molecule has 0 aliphatic carbocycles. The highest BCUT2D eigenvalue weighted by molar-refractivity contribution is 5.70. The highest BCUT2D eigenvalue weighted by Crippen LogP contribution is 2.15. The van der Waals surface area contributed by atoms with Crippen LogP contribution in [0, 0.1) is 10.1 Å². The predicted octanol–water partition coefficient (Wildman–Crippen LogP) is 5.66. The molecule has 2 rings (SSSR count). The summed E-state index contributed by atoms with van der Waals surface area (Å²) in [5.74, 6) is 0. The van der Waals surface area contributed by atoms with Crippen LogP contribution in [0.4, 0.5) is 5.69 Å². The summed E-state index contributed by atoms with van der Waals surface area (Å²) in [6, 6.07) is 15.1. The topological polar surface area (TPSA) is 43.1 Å². The molecule has 0 radical (unpaired) electrons. The highest BCUT2D eigenvalue weighted by Gasteiger charge is 2.02. The van der Waals surface area contributed by atoms with Crippen LogP contribution in [0.2, 0.25) is 0 Å². The van der Waals surface area contributed by atoms with E-state index in [4.69, 9.17) is 0 Å². The van der Waals surface area contributed by atoms with Gasteiger partial charge in [0.05, 0.1) is 4.92 Å². The van der Waals surface area contributed by atoms with Crippen molar-refractivity contribution < 1.29 is 4.92 Å². The van der Waals surface area contributed by atoms with E-state index in [1.54, 1.807) is 12.1 Å². The van der Waals surface area contributed by atoms with Crippen molar-refractivity contribution in [2.75, 3.05) is 0 Å². The number of hydrogen-bond donors (Lipinski definition) is 0. The predicted molar refractivity (Wildman–Crippen MR) is 96.2 cm³/mol. The van der Waals surface area contributed by atoms with Crippen molar-refractivity contribution in [1.29, 1.82) is 0 Å². The molecule has 0 saturated carbocycles. The minimum Gasteiger partial charge on any atom is -0.258 e. The Hall–Kier alpha value is -2.68. The molecule has 2 aromatic rings. The van der Waals surface area contributed by atoms with E-state index in [2.05, 4.69) is 30.8 Å². The average Bonchev–Trinajstić information content (AvgIpc) is 2.58. The summed E-state index contributed by atoms with van der Waals surface area (Å²) in [5.41, 5.74) is 3.53. The normalized spacial score (nSPS) is 10.8. The number of allylic oxidation sites excluding steroid dienone is 1. The van der Waals surface area contributed by atoms with Gasteiger partial charge >= 0.3 is 0 Å². The van der Waals surface area contributed by atoms with Gasteiger partial charge in [-0.25, -0.2) is 0 Å². The van der Waals surface area contributed by atoms with Gasteiger partial charge in [0.2, 0.25) is 0 Å². The number of non-ortho nitro benzene ring substituents is 1.